The molecule has 0 saturated carbocycles. The van der Waals surface area contributed by atoms with Gasteiger partial charge in [0.1, 0.15) is 11.3 Å². The smallest absolute Gasteiger partial charge is 0.325 e. The molecule has 0 unspecified atom stereocenters. The lowest BCUT2D eigenvalue weighted by atomic mass is 9.76. The van der Waals surface area contributed by atoms with Crippen molar-refractivity contribution in [3.8, 4) is 5.75 Å². The number of hydrogen-bond donors (Lipinski definition) is 1. The molecule has 0 aromatic heterocycles. The minimum Gasteiger partial charge on any atom is -0.497 e. The number of nitrogens with zero attached hydrogens (tertiary/aromatic N) is 1. The Balaban J connectivity index is 1.97. The summed E-state index contributed by atoms with van der Waals surface area (Å²) in [5.41, 5.74) is -0.302. The Labute approximate surface area is 170 Å². The number of hydrogen-bond acceptors (Lipinski definition) is 7. The second-order valence-electron chi connectivity index (χ2n) is 7.74. The number of carbonyl (C=O) groups excluding carboxylic acids is 3. The highest BCUT2D eigenvalue weighted by Crippen LogP contribution is 2.43. The van der Waals surface area contributed by atoms with Crippen molar-refractivity contribution < 1.29 is 28.6 Å². The van der Waals surface area contributed by atoms with Gasteiger partial charge in [-0.2, -0.15) is 0 Å². The van der Waals surface area contributed by atoms with Gasteiger partial charge in [0.15, 0.2) is 0 Å². The zero-order chi connectivity index (χ0) is 21.3. The van der Waals surface area contributed by atoms with E-state index < -0.39 is 29.4 Å². The molecule has 2 aliphatic heterocycles. The Morgan fingerprint density at radius 1 is 1.17 bits per heavy atom. The van der Waals surface area contributed by atoms with Crippen LogP contribution in [-0.4, -0.2) is 56.8 Å². The molecule has 2 heterocycles. The third kappa shape index (κ3) is 3.46. The standard InChI is InChI=1S/C21H28N2O6/c1-6-14-17(23(18(14)24)12-7-9-13(27-3)10-8-12)16-15(19(25)28-4)11-21(2,22-16)20(26)29-5/h7-10,14-17,22H,6,11H2,1-5H3/t14-,15+,16-,17-,21+/m1/s1. The van der Waals surface area contributed by atoms with Gasteiger partial charge in [0.2, 0.25) is 5.91 Å². The Morgan fingerprint density at radius 3 is 2.34 bits per heavy atom. The van der Waals surface area contributed by atoms with Gasteiger partial charge in [-0.05, 0) is 44.0 Å². The second kappa shape index (κ2) is 8.02. The van der Waals surface area contributed by atoms with Crippen molar-refractivity contribution >= 4 is 23.5 Å². The predicted molar refractivity (Wildman–Crippen MR) is 106 cm³/mol. The van der Waals surface area contributed by atoms with Crippen molar-refractivity contribution in [2.24, 2.45) is 11.8 Å². The molecular weight excluding hydrogens is 376 g/mol. The first-order valence-electron chi connectivity index (χ1n) is 9.72. The molecule has 1 aromatic carbocycles. The maximum absolute atomic E-state index is 12.9. The van der Waals surface area contributed by atoms with E-state index in [1.54, 1.807) is 31.1 Å². The fourth-order valence-corrected chi connectivity index (χ4v) is 4.61. The summed E-state index contributed by atoms with van der Waals surface area (Å²) in [5, 5.41) is 3.30. The Hall–Kier alpha value is -2.61. The molecule has 1 aromatic rings. The molecule has 0 spiro atoms. The maximum atomic E-state index is 12.9. The van der Waals surface area contributed by atoms with Crippen LogP contribution in [0.4, 0.5) is 5.69 Å². The van der Waals surface area contributed by atoms with Crippen LogP contribution in [0.25, 0.3) is 0 Å². The predicted octanol–water partition coefficient (Wildman–Crippen LogP) is 1.52. The molecule has 0 bridgehead atoms. The van der Waals surface area contributed by atoms with Crippen LogP contribution in [0, 0.1) is 11.8 Å². The topological polar surface area (TPSA) is 94.2 Å². The summed E-state index contributed by atoms with van der Waals surface area (Å²) in [6.45, 7) is 3.66. The summed E-state index contributed by atoms with van der Waals surface area (Å²) in [6.07, 6.45) is 0.881. The molecule has 1 amide bonds. The molecule has 3 rings (SSSR count). The van der Waals surface area contributed by atoms with Gasteiger partial charge in [0, 0.05) is 11.7 Å². The highest BCUT2D eigenvalue weighted by molar-refractivity contribution is 6.03. The highest BCUT2D eigenvalue weighted by atomic mass is 16.5. The average molecular weight is 404 g/mol. The van der Waals surface area contributed by atoms with E-state index in [0.29, 0.717) is 12.2 Å². The number of β-lactam (4-membered cyclic amide) rings is 1. The van der Waals surface area contributed by atoms with E-state index in [4.69, 9.17) is 14.2 Å². The first kappa shape index (κ1) is 21.1. The van der Waals surface area contributed by atoms with E-state index in [1.165, 1.54) is 14.2 Å². The number of ether oxygens (including phenoxy) is 3. The first-order valence-corrected chi connectivity index (χ1v) is 9.72. The summed E-state index contributed by atoms with van der Waals surface area (Å²) < 4.78 is 15.1. The summed E-state index contributed by atoms with van der Waals surface area (Å²) in [7, 11) is 4.23. The van der Waals surface area contributed by atoms with E-state index in [0.717, 1.165) is 5.69 Å². The number of nitrogens with one attached hydrogen (secondary N) is 1. The van der Waals surface area contributed by atoms with Crippen molar-refractivity contribution in [1.82, 2.24) is 5.32 Å². The Kier molecular flexibility index (Phi) is 5.84. The van der Waals surface area contributed by atoms with Gasteiger partial charge in [-0.1, -0.05) is 6.92 Å². The molecule has 0 radical (unpaired) electrons. The second-order valence-corrected chi connectivity index (χ2v) is 7.74. The number of methoxy groups -OCH3 is 3. The van der Waals surface area contributed by atoms with Crippen molar-refractivity contribution in [3.05, 3.63) is 24.3 Å². The van der Waals surface area contributed by atoms with Crippen LogP contribution in [0.5, 0.6) is 5.75 Å². The molecule has 1 N–H and O–H groups in total. The van der Waals surface area contributed by atoms with Gasteiger partial charge in [0.25, 0.3) is 0 Å². The quantitative estimate of drug-likeness (QED) is 0.567. The maximum Gasteiger partial charge on any atom is 0.325 e. The number of rotatable bonds is 6. The lowest BCUT2D eigenvalue weighted by Crippen LogP contribution is -2.70. The fraction of sp³-hybridized carbons (Fsp3) is 0.571. The molecule has 8 nitrogen and oxygen atoms in total. The lowest BCUT2D eigenvalue weighted by Gasteiger charge is -2.51. The Morgan fingerprint density at radius 2 is 1.83 bits per heavy atom. The summed E-state index contributed by atoms with van der Waals surface area (Å²) >= 11 is 0. The molecule has 2 fully saturated rings. The Bertz CT molecular complexity index is 795. The number of benzene rings is 1. The van der Waals surface area contributed by atoms with Crippen LogP contribution in [-0.2, 0) is 23.9 Å². The van der Waals surface area contributed by atoms with Gasteiger partial charge in [-0.3, -0.25) is 19.7 Å². The third-order valence-corrected chi connectivity index (χ3v) is 6.11. The minimum absolute atomic E-state index is 0.000228. The van der Waals surface area contributed by atoms with E-state index in [1.807, 2.05) is 19.1 Å². The molecule has 8 heteroatoms. The van der Waals surface area contributed by atoms with Gasteiger partial charge in [-0.25, -0.2) is 0 Å². The van der Waals surface area contributed by atoms with Crippen LogP contribution >= 0.6 is 0 Å². The van der Waals surface area contributed by atoms with Crippen LogP contribution in [0.15, 0.2) is 24.3 Å². The van der Waals surface area contributed by atoms with E-state index in [9.17, 15) is 14.4 Å². The van der Waals surface area contributed by atoms with Crippen molar-refractivity contribution in [2.45, 2.75) is 44.3 Å². The largest absolute Gasteiger partial charge is 0.497 e. The zero-order valence-electron chi connectivity index (χ0n) is 17.4. The van der Waals surface area contributed by atoms with Crippen molar-refractivity contribution in [3.63, 3.8) is 0 Å². The normalized spacial score (nSPS) is 31.2. The summed E-state index contributed by atoms with van der Waals surface area (Å²) in [4.78, 5) is 39.5. The molecule has 5 atom stereocenters. The molecule has 2 saturated heterocycles. The monoisotopic (exact) mass is 404 g/mol. The molecule has 2 aliphatic rings. The molecule has 158 valence electrons. The van der Waals surface area contributed by atoms with Gasteiger partial charge < -0.3 is 19.1 Å². The van der Waals surface area contributed by atoms with E-state index >= 15 is 0 Å². The van der Waals surface area contributed by atoms with Gasteiger partial charge in [-0.15, -0.1) is 0 Å². The van der Waals surface area contributed by atoms with Crippen LogP contribution < -0.4 is 15.0 Å². The van der Waals surface area contributed by atoms with Crippen LogP contribution in [0.1, 0.15) is 26.7 Å². The molecule has 29 heavy (non-hydrogen) atoms. The van der Waals surface area contributed by atoms with Gasteiger partial charge in [0.05, 0.1) is 39.2 Å². The SMILES string of the molecule is CC[C@H]1C(=O)N(c2ccc(OC)cc2)[C@H]1[C@@H]1N[C@](C)(C(=O)OC)C[C@@H]1C(=O)OC. The average Bonchev–Trinajstić information content (AvgIpc) is 3.09. The summed E-state index contributed by atoms with van der Waals surface area (Å²) in [5.74, 6) is -0.976. The van der Waals surface area contributed by atoms with Crippen molar-refractivity contribution in [2.75, 3.05) is 26.2 Å². The van der Waals surface area contributed by atoms with E-state index in [-0.39, 0.29) is 24.3 Å². The van der Waals surface area contributed by atoms with Crippen LogP contribution in [0.3, 0.4) is 0 Å². The number of anilines is 1. The molecule has 0 aliphatic carbocycles. The number of esters is 2. The zero-order valence-corrected chi connectivity index (χ0v) is 17.4. The van der Waals surface area contributed by atoms with E-state index in [2.05, 4.69) is 5.32 Å². The lowest BCUT2D eigenvalue weighted by molar-refractivity contribution is -0.148. The minimum atomic E-state index is -1.03. The first-order chi connectivity index (χ1) is 13.8. The third-order valence-electron chi connectivity index (χ3n) is 6.11. The van der Waals surface area contributed by atoms with Crippen molar-refractivity contribution in [1.29, 1.82) is 0 Å². The summed E-state index contributed by atoms with van der Waals surface area (Å²) in [6, 6.07) is 6.50. The highest BCUT2D eigenvalue weighted by Gasteiger charge is 2.60. The number of carbonyl (C=O) groups is 3. The molecular formula is C21H28N2O6. The van der Waals surface area contributed by atoms with Crippen LogP contribution in [0.2, 0.25) is 0 Å². The number of amides is 1. The fourth-order valence-electron chi connectivity index (χ4n) is 4.61. The van der Waals surface area contributed by atoms with Gasteiger partial charge >= 0.3 is 11.9 Å².